The summed E-state index contributed by atoms with van der Waals surface area (Å²) < 4.78 is 27.6. The molecule has 4 heterocycles. The molecule has 0 aliphatic heterocycles. The predicted molar refractivity (Wildman–Crippen MR) is 93.1 cm³/mol. The maximum absolute atomic E-state index is 14.4. The van der Waals surface area contributed by atoms with Gasteiger partial charge in [0, 0.05) is 29.6 Å². The van der Waals surface area contributed by atoms with E-state index >= 15 is 0 Å². The normalized spacial score (nSPS) is 11.0. The van der Waals surface area contributed by atoms with Crippen molar-refractivity contribution in [2.45, 2.75) is 13.3 Å². The number of aromatic nitrogens is 5. The second-order valence-electron chi connectivity index (χ2n) is 5.84. The summed E-state index contributed by atoms with van der Waals surface area (Å²) in [5.74, 6) is -0.802. The van der Waals surface area contributed by atoms with Crippen LogP contribution in [0.25, 0.3) is 11.0 Å². The summed E-state index contributed by atoms with van der Waals surface area (Å²) in [6.45, 7) is 1.88. The van der Waals surface area contributed by atoms with Crippen molar-refractivity contribution in [2.24, 2.45) is 0 Å². The predicted octanol–water partition coefficient (Wildman–Crippen LogP) is 3.67. The third kappa shape index (κ3) is 3.08. The Balaban J connectivity index is 1.60. The first kappa shape index (κ1) is 16.1. The SMILES string of the molecule is Cc1ncnc2[nH]cc(Cc3ccc(Nc4cncc(F)c4)nc3F)c12. The highest BCUT2D eigenvalue weighted by molar-refractivity contribution is 5.82. The number of anilines is 2. The first-order valence-electron chi connectivity index (χ1n) is 7.91. The third-order valence-corrected chi connectivity index (χ3v) is 4.03. The average molecular weight is 352 g/mol. The lowest BCUT2D eigenvalue weighted by Gasteiger charge is -2.08. The summed E-state index contributed by atoms with van der Waals surface area (Å²) in [5.41, 5.74) is 3.29. The molecule has 0 spiro atoms. The summed E-state index contributed by atoms with van der Waals surface area (Å²) >= 11 is 0. The van der Waals surface area contributed by atoms with E-state index in [1.165, 1.54) is 18.6 Å². The Hall–Kier alpha value is -3.42. The summed E-state index contributed by atoms with van der Waals surface area (Å²) in [4.78, 5) is 19.1. The first-order valence-corrected chi connectivity index (χ1v) is 7.91. The Morgan fingerprint density at radius 3 is 2.81 bits per heavy atom. The number of nitrogens with zero attached hydrogens (tertiary/aromatic N) is 4. The van der Waals surface area contributed by atoms with Crippen molar-refractivity contribution in [1.29, 1.82) is 0 Å². The molecule has 4 aromatic rings. The van der Waals surface area contributed by atoms with Gasteiger partial charge in [-0.3, -0.25) is 4.98 Å². The molecule has 0 aliphatic carbocycles. The number of aromatic amines is 1. The van der Waals surface area contributed by atoms with Crippen molar-refractivity contribution in [2.75, 3.05) is 5.32 Å². The fourth-order valence-corrected chi connectivity index (χ4v) is 2.83. The second kappa shape index (κ2) is 6.47. The fourth-order valence-electron chi connectivity index (χ4n) is 2.83. The lowest BCUT2D eigenvalue weighted by atomic mass is 10.1. The topological polar surface area (TPSA) is 79.4 Å². The van der Waals surface area contributed by atoms with Gasteiger partial charge in [0.15, 0.2) is 0 Å². The smallest absolute Gasteiger partial charge is 0.218 e. The van der Waals surface area contributed by atoms with Gasteiger partial charge < -0.3 is 10.3 Å². The van der Waals surface area contributed by atoms with Crippen LogP contribution in [0.2, 0.25) is 0 Å². The van der Waals surface area contributed by atoms with Crippen molar-refractivity contribution in [3.63, 3.8) is 0 Å². The number of rotatable bonds is 4. The van der Waals surface area contributed by atoms with Crippen LogP contribution in [0, 0.1) is 18.7 Å². The van der Waals surface area contributed by atoms with Gasteiger partial charge in [0.25, 0.3) is 0 Å². The Morgan fingerprint density at radius 1 is 1.12 bits per heavy atom. The van der Waals surface area contributed by atoms with Gasteiger partial charge in [-0.2, -0.15) is 4.39 Å². The van der Waals surface area contributed by atoms with Crippen LogP contribution in [0.5, 0.6) is 0 Å². The minimum atomic E-state index is -0.594. The molecule has 0 saturated heterocycles. The third-order valence-electron chi connectivity index (χ3n) is 4.03. The number of pyridine rings is 2. The van der Waals surface area contributed by atoms with Gasteiger partial charge in [-0.05, 0) is 18.6 Å². The van der Waals surface area contributed by atoms with Gasteiger partial charge in [-0.25, -0.2) is 19.3 Å². The Labute approximate surface area is 147 Å². The van der Waals surface area contributed by atoms with E-state index in [0.29, 0.717) is 17.7 Å². The molecule has 0 amide bonds. The quantitative estimate of drug-likeness (QED) is 0.548. The number of halogens is 2. The Kier molecular flexibility index (Phi) is 4.00. The van der Waals surface area contributed by atoms with Gasteiger partial charge in [0.1, 0.15) is 23.6 Å². The molecular formula is C18H14F2N6. The lowest BCUT2D eigenvalue weighted by Crippen LogP contribution is -2.01. The summed E-state index contributed by atoms with van der Waals surface area (Å²) in [6.07, 6.45) is 6.17. The molecule has 0 saturated carbocycles. The summed E-state index contributed by atoms with van der Waals surface area (Å²) in [5, 5.41) is 3.72. The molecular weight excluding hydrogens is 338 g/mol. The standard InChI is InChI=1S/C18H14F2N6/c1-10-16-12(6-22-18(16)24-9-23-10)4-11-2-3-15(26-17(11)20)25-14-5-13(19)7-21-8-14/h2-3,5-9H,4H2,1H3,(H,25,26)(H,22,23,24). The van der Waals surface area contributed by atoms with Crippen LogP contribution < -0.4 is 5.32 Å². The molecule has 0 radical (unpaired) electrons. The first-order chi connectivity index (χ1) is 12.6. The van der Waals surface area contributed by atoms with Crippen LogP contribution in [0.15, 0.2) is 43.1 Å². The number of hydrogen-bond acceptors (Lipinski definition) is 5. The summed E-state index contributed by atoms with van der Waals surface area (Å²) in [6, 6.07) is 4.55. The van der Waals surface area contributed by atoms with Crippen LogP contribution in [-0.2, 0) is 6.42 Å². The maximum atomic E-state index is 14.4. The average Bonchev–Trinajstić information content (AvgIpc) is 3.02. The van der Waals surface area contributed by atoms with Crippen molar-refractivity contribution in [3.05, 3.63) is 71.7 Å². The van der Waals surface area contributed by atoms with Crippen molar-refractivity contribution >= 4 is 22.5 Å². The lowest BCUT2D eigenvalue weighted by molar-refractivity contribution is 0.572. The largest absolute Gasteiger partial charge is 0.346 e. The molecule has 4 aromatic heterocycles. The molecule has 130 valence electrons. The van der Waals surface area contributed by atoms with Gasteiger partial charge in [0.2, 0.25) is 5.95 Å². The minimum Gasteiger partial charge on any atom is -0.346 e. The zero-order chi connectivity index (χ0) is 18.1. The highest BCUT2D eigenvalue weighted by Crippen LogP contribution is 2.23. The van der Waals surface area contributed by atoms with Crippen LogP contribution >= 0.6 is 0 Å². The fraction of sp³-hybridized carbons (Fsp3) is 0.111. The van der Waals surface area contributed by atoms with E-state index < -0.39 is 11.8 Å². The summed E-state index contributed by atoms with van der Waals surface area (Å²) in [7, 11) is 0. The van der Waals surface area contributed by atoms with Crippen LogP contribution in [0.4, 0.5) is 20.3 Å². The van der Waals surface area contributed by atoms with Gasteiger partial charge in [0.05, 0.1) is 23.8 Å². The Bertz CT molecular complexity index is 1090. The zero-order valence-electron chi connectivity index (χ0n) is 13.8. The maximum Gasteiger partial charge on any atom is 0.218 e. The number of aryl methyl sites for hydroxylation is 1. The van der Waals surface area contributed by atoms with E-state index in [2.05, 4.69) is 30.2 Å². The molecule has 0 bridgehead atoms. The zero-order valence-corrected chi connectivity index (χ0v) is 13.8. The monoisotopic (exact) mass is 352 g/mol. The van der Waals surface area contributed by atoms with E-state index in [9.17, 15) is 8.78 Å². The van der Waals surface area contributed by atoms with Crippen molar-refractivity contribution in [3.8, 4) is 0 Å². The molecule has 6 nitrogen and oxygen atoms in total. The van der Waals surface area contributed by atoms with Crippen molar-refractivity contribution < 1.29 is 8.78 Å². The minimum absolute atomic E-state index is 0.275. The van der Waals surface area contributed by atoms with E-state index in [0.717, 1.165) is 28.5 Å². The van der Waals surface area contributed by atoms with Gasteiger partial charge in [-0.15, -0.1) is 0 Å². The highest BCUT2D eigenvalue weighted by atomic mass is 19.1. The second-order valence-corrected chi connectivity index (χ2v) is 5.84. The molecule has 0 aliphatic rings. The number of nitrogens with one attached hydrogen (secondary N) is 2. The molecule has 2 N–H and O–H groups in total. The number of H-pyrrole nitrogens is 1. The van der Waals surface area contributed by atoms with E-state index in [4.69, 9.17) is 0 Å². The molecule has 0 unspecified atom stereocenters. The van der Waals surface area contributed by atoms with Crippen molar-refractivity contribution in [1.82, 2.24) is 24.9 Å². The van der Waals surface area contributed by atoms with Crippen LogP contribution in [0.1, 0.15) is 16.8 Å². The molecule has 4 rings (SSSR count). The highest BCUT2D eigenvalue weighted by Gasteiger charge is 2.12. The molecule has 0 fully saturated rings. The molecule has 26 heavy (non-hydrogen) atoms. The number of hydrogen-bond donors (Lipinski definition) is 2. The van der Waals surface area contributed by atoms with E-state index in [1.54, 1.807) is 18.3 Å². The van der Waals surface area contributed by atoms with E-state index in [-0.39, 0.29) is 5.82 Å². The molecule has 0 atom stereocenters. The van der Waals surface area contributed by atoms with Gasteiger partial charge in [-0.1, -0.05) is 6.07 Å². The van der Waals surface area contributed by atoms with Crippen LogP contribution in [-0.4, -0.2) is 24.9 Å². The van der Waals surface area contributed by atoms with Crippen LogP contribution in [0.3, 0.4) is 0 Å². The molecule has 8 heteroatoms. The molecule has 0 aromatic carbocycles. The number of fused-ring (bicyclic) bond motifs is 1. The van der Waals surface area contributed by atoms with E-state index in [1.807, 2.05) is 6.92 Å². The van der Waals surface area contributed by atoms with Gasteiger partial charge >= 0.3 is 0 Å². The Morgan fingerprint density at radius 2 is 2.00 bits per heavy atom.